The largest absolute Gasteiger partial charge is 0.459 e. The highest BCUT2D eigenvalue weighted by molar-refractivity contribution is 6.53. The highest BCUT2D eigenvalue weighted by Crippen LogP contribution is 2.32. The minimum atomic E-state index is -0.604. The first-order chi connectivity index (χ1) is 18.0. The Kier molecular flexibility index (Phi) is 7.64. The average molecular weight is 532 g/mol. The van der Waals surface area contributed by atoms with E-state index in [0.717, 1.165) is 16.0 Å². The third-order valence-corrected chi connectivity index (χ3v) is 6.12. The quantitative estimate of drug-likeness (QED) is 0.305. The molecule has 0 spiro atoms. The molecule has 0 fully saturated rings. The third-order valence-electron chi connectivity index (χ3n) is 5.77. The molecule has 0 saturated carbocycles. The van der Waals surface area contributed by atoms with Crippen molar-refractivity contribution >= 4 is 52.4 Å². The zero-order chi connectivity index (χ0) is 27.6. The molecule has 0 aliphatic carbocycles. The molecule has 0 aromatic heterocycles. The van der Waals surface area contributed by atoms with Crippen molar-refractivity contribution in [1.29, 1.82) is 0 Å². The van der Waals surface area contributed by atoms with Gasteiger partial charge in [-0.2, -0.15) is 0 Å². The number of carbonyl (C=O) groups is 4. The van der Waals surface area contributed by atoms with E-state index in [9.17, 15) is 19.2 Å². The standard InChI is InChI=1S/C29H26ClN3O5/c1-16(2)38-29(37)20-9-13-22(14-10-20)32-26(34)19-7-11-21(12-8-19)31-25-24(30)27(35)33(28(25)36)23-15-17(3)5-6-18(23)4/h5-16,31H,1-4H3,(H,32,34). The number of ether oxygens (including phenoxy) is 1. The van der Waals surface area contributed by atoms with Gasteiger partial charge in [-0.1, -0.05) is 23.7 Å². The summed E-state index contributed by atoms with van der Waals surface area (Å²) < 4.78 is 5.16. The predicted octanol–water partition coefficient (Wildman–Crippen LogP) is 5.56. The molecule has 3 amide bonds. The second kappa shape index (κ2) is 10.9. The molecular weight excluding hydrogens is 506 g/mol. The van der Waals surface area contributed by atoms with Crippen LogP contribution in [-0.4, -0.2) is 29.8 Å². The van der Waals surface area contributed by atoms with Crippen molar-refractivity contribution in [3.05, 3.63) is 99.7 Å². The van der Waals surface area contributed by atoms with Gasteiger partial charge in [0.05, 0.1) is 17.4 Å². The Morgan fingerprint density at radius 3 is 2.08 bits per heavy atom. The number of amides is 3. The number of benzene rings is 3. The Morgan fingerprint density at radius 2 is 1.45 bits per heavy atom. The highest BCUT2D eigenvalue weighted by atomic mass is 35.5. The number of rotatable bonds is 7. The molecule has 194 valence electrons. The summed E-state index contributed by atoms with van der Waals surface area (Å²) >= 11 is 6.25. The maximum absolute atomic E-state index is 13.1. The molecule has 4 rings (SSSR count). The molecule has 9 heteroatoms. The summed E-state index contributed by atoms with van der Waals surface area (Å²) in [5, 5.41) is 5.47. The van der Waals surface area contributed by atoms with Crippen LogP contribution in [0.5, 0.6) is 0 Å². The molecule has 1 aliphatic heterocycles. The molecule has 0 bridgehead atoms. The van der Waals surface area contributed by atoms with Gasteiger partial charge >= 0.3 is 5.97 Å². The van der Waals surface area contributed by atoms with Crippen LogP contribution in [0.3, 0.4) is 0 Å². The Hall–Kier alpha value is -4.43. The van der Waals surface area contributed by atoms with Gasteiger partial charge in [-0.05, 0) is 93.4 Å². The minimum Gasteiger partial charge on any atom is -0.459 e. The molecule has 8 nitrogen and oxygen atoms in total. The zero-order valence-electron chi connectivity index (χ0n) is 21.3. The Morgan fingerprint density at radius 1 is 0.842 bits per heavy atom. The van der Waals surface area contributed by atoms with E-state index in [-0.39, 0.29) is 22.7 Å². The van der Waals surface area contributed by atoms with Gasteiger partial charge in [0.25, 0.3) is 17.7 Å². The molecule has 2 N–H and O–H groups in total. The molecule has 3 aromatic rings. The fourth-order valence-corrected chi connectivity index (χ4v) is 4.03. The number of carbonyl (C=O) groups excluding carboxylic acids is 4. The highest BCUT2D eigenvalue weighted by Gasteiger charge is 2.39. The van der Waals surface area contributed by atoms with Gasteiger partial charge in [0, 0.05) is 16.9 Å². The molecule has 1 heterocycles. The normalized spacial score (nSPS) is 13.3. The van der Waals surface area contributed by atoms with Gasteiger partial charge in [-0.3, -0.25) is 14.4 Å². The van der Waals surface area contributed by atoms with E-state index >= 15 is 0 Å². The molecule has 0 radical (unpaired) electrons. The summed E-state index contributed by atoms with van der Waals surface area (Å²) in [6.07, 6.45) is -0.227. The summed E-state index contributed by atoms with van der Waals surface area (Å²) in [5.41, 5.74) is 3.85. The van der Waals surface area contributed by atoms with Crippen molar-refractivity contribution in [3.63, 3.8) is 0 Å². The van der Waals surface area contributed by atoms with Crippen LogP contribution in [0.25, 0.3) is 0 Å². The van der Waals surface area contributed by atoms with Crippen LogP contribution < -0.4 is 15.5 Å². The van der Waals surface area contributed by atoms with Crippen LogP contribution in [-0.2, 0) is 14.3 Å². The Labute approximate surface area is 225 Å². The molecule has 0 atom stereocenters. The first-order valence-electron chi connectivity index (χ1n) is 11.9. The first-order valence-corrected chi connectivity index (χ1v) is 12.3. The molecule has 3 aromatic carbocycles. The van der Waals surface area contributed by atoms with Gasteiger partial charge in [0.1, 0.15) is 10.7 Å². The van der Waals surface area contributed by atoms with E-state index in [1.54, 1.807) is 68.4 Å². The first kappa shape index (κ1) is 26.6. The zero-order valence-corrected chi connectivity index (χ0v) is 22.1. The second-order valence-corrected chi connectivity index (χ2v) is 9.49. The van der Waals surface area contributed by atoms with E-state index in [0.29, 0.717) is 28.2 Å². The lowest BCUT2D eigenvalue weighted by molar-refractivity contribution is -0.120. The number of nitrogens with one attached hydrogen (secondary N) is 2. The molecule has 0 saturated heterocycles. The van der Waals surface area contributed by atoms with E-state index < -0.39 is 17.8 Å². The number of halogens is 1. The fraction of sp³-hybridized carbons (Fsp3) is 0.172. The van der Waals surface area contributed by atoms with Crippen LogP contribution in [0.2, 0.25) is 0 Å². The van der Waals surface area contributed by atoms with Gasteiger partial charge in [0.2, 0.25) is 0 Å². The van der Waals surface area contributed by atoms with E-state index in [4.69, 9.17) is 16.3 Å². The van der Waals surface area contributed by atoms with Gasteiger partial charge in [-0.15, -0.1) is 0 Å². The van der Waals surface area contributed by atoms with Crippen LogP contribution in [0, 0.1) is 13.8 Å². The number of nitrogens with zero attached hydrogens (tertiary/aromatic N) is 1. The van der Waals surface area contributed by atoms with E-state index in [1.165, 1.54) is 0 Å². The third kappa shape index (κ3) is 5.60. The predicted molar refractivity (Wildman–Crippen MR) is 146 cm³/mol. The van der Waals surface area contributed by atoms with Gasteiger partial charge in [-0.25, -0.2) is 9.69 Å². The number of hydrogen-bond acceptors (Lipinski definition) is 6. The van der Waals surface area contributed by atoms with Crippen molar-refractivity contribution in [1.82, 2.24) is 0 Å². The van der Waals surface area contributed by atoms with E-state index in [1.807, 2.05) is 26.0 Å². The second-order valence-electron chi connectivity index (χ2n) is 9.11. The van der Waals surface area contributed by atoms with Crippen molar-refractivity contribution < 1.29 is 23.9 Å². The SMILES string of the molecule is Cc1ccc(C)c(N2C(=O)C(Cl)=C(Nc3ccc(C(=O)Nc4ccc(C(=O)OC(C)C)cc4)cc3)C2=O)c1. The summed E-state index contributed by atoms with van der Waals surface area (Å²) in [6, 6.07) is 18.2. The number of imide groups is 1. The van der Waals surface area contributed by atoms with Crippen LogP contribution in [0.15, 0.2) is 77.5 Å². The lowest BCUT2D eigenvalue weighted by Gasteiger charge is -2.18. The van der Waals surface area contributed by atoms with Gasteiger partial charge in [0.15, 0.2) is 0 Å². The summed E-state index contributed by atoms with van der Waals surface area (Å²) in [6.45, 7) is 7.22. The van der Waals surface area contributed by atoms with Crippen molar-refractivity contribution in [3.8, 4) is 0 Å². The smallest absolute Gasteiger partial charge is 0.338 e. The average Bonchev–Trinajstić information content (AvgIpc) is 3.09. The maximum atomic E-state index is 13.1. The Bertz CT molecular complexity index is 1460. The summed E-state index contributed by atoms with van der Waals surface area (Å²) in [4.78, 5) is 51.6. The molecular formula is C29H26ClN3O5. The number of hydrogen-bond donors (Lipinski definition) is 2. The maximum Gasteiger partial charge on any atom is 0.338 e. The molecule has 38 heavy (non-hydrogen) atoms. The lowest BCUT2D eigenvalue weighted by atomic mass is 10.1. The van der Waals surface area contributed by atoms with E-state index in [2.05, 4.69) is 10.6 Å². The molecule has 1 aliphatic rings. The van der Waals surface area contributed by atoms with Crippen LogP contribution >= 0.6 is 11.6 Å². The number of anilines is 3. The number of aryl methyl sites for hydroxylation is 2. The summed E-state index contributed by atoms with van der Waals surface area (Å²) in [5.74, 6) is -1.96. The van der Waals surface area contributed by atoms with Crippen LogP contribution in [0.1, 0.15) is 45.7 Å². The monoisotopic (exact) mass is 531 g/mol. The Balaban J connectivity index is 1.43. The summed E-state index contributed by atoms with van der Waals surface area (Å²) in [7, 11) is 0. The van der Waals surface area contributed by atoms with Crippen LogP contribution in [0.4, 0.5) is 17.1 Å². The topological polar surface area (TPSA) is 105 Å². The van der Waals surface area contributed by atoms with Crippen molar-refractivity contribution in [2.24, 2.45) is 0 Å². The van der Waals surface area contributed by atoms with Crippen molar-refractivity contribution in [2.75, 3.05) is 15.5 Å². The van der Waals surface area contributed by atoms with Gasteiger partial charge < -0.3 is 15.4 Å². The minimum absolute atomic E-state index is 0.0362. The molecule has 0 unspecified atom stereocenters. The lowest BCUT2D eigenvalue weighted by Crippen LogP contribution is -2.32. The van der Waals surface area contributed by atoms with Crippen molar-refractivity contribution in [2.45, 2.75) is 33.8 Å². The number of esters is 1. The fourth-order valence-electron chi connectivity index (χ4n) is 3.81.